The number of esters is 2. The second kappa shape index (κ2) is 42.6. The van der Waals surface area contributed by atoms with E-state index in [4.69, 9.17) is 31.1 Å². The van der Waals surface area contributed by atoms with Crippen LogP contribution < -0.4 is 87.1 Å². The fourth-order valence-corrected chi connectivity index (χ4v) is 18.1. The maximum atomic E-state index is 13.9. The van der Waals surface area contributed by atoms with E-state index < -0.39 is 6.04 Å². The lowest BCUT2D eigenvalue weighted by Gasteiger charge is -2.29. The number of quaternary nitrogens is 3. The van der Waals surface area contributed by atoms with Gasteiger partial charge in [-0.25, -0.2) is 0 Å². The number of aromatic hydroxyl groups is 1. The molecule has 6 heterocycles. The minimum atomic E-state index is -0.713. The Balaban J connectivity index is 0.000000228. The highest BCUT2D eigenvalue weighted by Crippen LogP contribution is 2.41. The highest BCUT2D eigenvalue weighted by molar-refractivity contribution is 7.73. The lowest BCUT2D eigenvalue weighted by Crippen LogP contribution is -3.10. The average molecular weight is 1860 g/mol. The number of fused-ring (bicyclic) bond motifs is 3. The highest BCUT2D eigenvalue weighted by atomic mass is 79.9. The van der Waals surface area contributed by atoms with Gasteiger partial charge in [-0.05, 0) is 257 Å². The zero-order valence-electron chi connectivity index (χ0n) is 71.8. The van der Waals surface area contributed by atoms with Crippen molar-refractivity contribution >= 4 is 111 Å². The fraction of sp³-hybridized carbons (Fsp3) is 0.389. The molecule has 8 atom stereocenters. The fourth-order valence-electron chi connectivity index (χ4n) is 16.7. The van der Waals surface area contributed by atoms with E-state index in [0.29, 0.717) is 103 Å². The monoisotopic (exact) mass is 1860 g/mol. The first kappa shape index (κ1) is 96.3. The number of hydrogen-bond donors (Lipinski definition) is 8. The number of allylic oxidation sites excluding steroid dienone is 1. The van der Waals surface area contributed by atoms with E-state index in [1.807, 2.05) is 132 Å². The Morgan fingerprint density at radius 1 is 0.642 bits per heavy atom. The number of amides is 2. The van der Waals surface area contributed by atoms with E-state index >= 15 is 0 Å². The van der Waals surface area contributed by atoms with Gasteiger partial charge in [-0.3, -0.25) is 53.0 Å². The Morgan fingerprint density at radius 3 is 1.68 bits per heavy atom. The highest BCUT2D eigenvalue weighted by Gasteiger charge is 2.50. The van der Waals surface area contributed by atoms with Crippen LogP contribution in [-0.2, 0) is 88.3 Å². The van der Waals surface area contributed by atoms with Crippen LogP contribution in [0.15, 0.2) is 185 Å². The number of aryl methyl sites for hydroxylation is 1. The number of anilines is 4. The number of carbonyl (C=O) groups is 6. The Labute approximate surface area is 748 Å². The molecule has 0 aliphatic carbocycles. The smallest absolute Gasteiger partial charge is 0.311 e. The van der Waals surface area contributed by atoms with E-state index in [1.54, 1.807) is 16.7 Å². The van der Waals surface area contributed by atoms with Crippen LogP contribution in [0.2, 0.25) is 0 Å². The van der Waals surface area contributed by atoms with Crippen molar-refractivity contribution in [3.63, 3.8) is 0 Å². The molecule has 9 aromatic rings. The number of ether oxygens (including phenoxy) is 2. The van der Waals surface area contributed by atoms with Crippen molar-refractivity contribution in [2.45, 2.75) is 189 Å². The van der Waals surface area contributed by atoms with Gasteiger partial charge in [0, 0.05) is 77.3 Å². The molecule has 8 N–H and O–H groups in total. The second-order valence-electron chi connectivity index (χ2n) is 33.1. The Bertz CT molecular complexity index is 5180. The van der Waals surface area contributed by atoms with Crippen LogP contribution in [0.5, 0.6) is 5.88 Å². The Morgan fingerprint density at radius 2 is 1.16 bits per heavy atom. The summed E-state index contributed by atoms with van der Waals surface area (Å²) in [7, 11) is 4.15. The van der Waals surface area contributed by atoms with Crippen molar-refractivity contribution in [1.82, 2.24) is 9.47 Å². The molecule has 13 rings (SSSR count). The van der Waals surface area contributed by atoms with Crippen molar-refractivity contribution in [3.8, 4) is 5.88 Å². The number of aliphatic imine (C=N–C) groups is 1. The van der Waals surface area contributed by atoms with Gasteiger partial charge in [0.1, 0.15) is 39.5 Å². The number of aromatic nitrogens is 1. The Kier molecular flexibility index (Phi) is 34.1. The number of nitrogens with one attached hydrogen (secondary N) is 7. The number of thiazole rings is 1. The third-order valence-corrected chi connectivity index (χ3v) is 25.6. The summed E-state index contributed by atoms with van der Waals surface area (Å²) in [4.78, 5) is 87.6. The van der Waals surface area contributed by atoms with E-state index in [0.717, 1.165) is 69.3 Å². The number of nitrogens with zero attached hydrogens (tertiary/aromatic N) is 3. The van der Waals surface area contributed by atoms with Crippen molar-refractivity contribution in [3.05, 3.63) is 246 Å². The van der Waals surface area contributed by atoms with E-state index in [2.05, 4.69) is 171 Å². The maximum Gasteiger partial charge on any atom is 0.311 e. The molecule has 0 saturated carbocycles. The van der Waals surface area contributed by atoms with Gasteiger partial charge >= 0.3 is 11.9 Å². The van der Waals surface area contributed by atoms with Crippen LogP contribution in [-0.4, -0.2) is 127 Å². The van der Waals surface area contributed by atoms with Gasteiger partial charge in [0.15, 0.2) is 21.4 Å². The maximum absolute atomic E-state index is 13.9. The molecule has 4 aliphatic rings. The van der Waals surface area contributed by atoms with Crippen molar-refractivity contribution in [2.24, 2.45) is 10.9 Å². The lowest BCUT2D eigenvalue weighted by atomic mass is 9.74. The molecular formula is C95H117Br3N10O10S2. The van der Waals surface area contributed by atoms with Gasteiger partial charge < -0.3 is 96.3 Å². The van der Waals surface area contributed by atoms with Gasteiger partial charge in [-0.15, -0.1) is 0 Å². The zero-order chi connectivity index (χ0) is 84.2. The molecule has 25 heteroatoms. The predicted molar refractivity (Wildman–Crippen MR) is 470 cm³/mol. The van der Waals surface area contributed by atoms with Gasteiger partial charge in [0.2, 0.25) is 5.88 Å². The summed E-state index contributed by atoms with van der Waals surface area (Å²) < 4.78 is 17.8. The number of carbonyl (C=O) groups excluding carboxylic acids is 6. The third-order valence-electron chi connectivity index (χ3n) is 24.2. The molecule has 7 aromatic carbocycles. The molecule has 0 spiro atoms. The molecule has 640 valence electrons. The van der Waals surface area contributed by atoms with Crippen molar-refractivity contribution in [2.75, 3.05) is 68.4 Å². The quantitative estimate of drug-likeness (QED) is 0.0122. The first-order valence-electron chi connectivity index (χ1n) is 41.1. The number of ketones is 2. The minimum absolute atomic E-state index is 0. The third kappa shape index (κ3) is 22.7. The number of furan rings is 1. The number of amidine groups is 1. The number of hydrogen-bond acceptors (Lipinski definition) is 16. The van der Waals surface area contributed by atoms with E-state index in [1.165, 1.54) is 64.6 Å². The summed E-state index contributed by atoms with van der Waals surface area (Å²) >= 11 is 6.70. The predicted octanol–water partition coefficient (Wildman–Crippen LogP) is 5.41. The molecular weight excluding hydrogens is 1740 g/mol. The summed E-state index contributed by atoms with van der Waals surface area (Å²) in [5.74, 6) is 1.51. The number of benzene rings is 7. The summed E-state index contributed by atoms with van der Waals surface area (Å²) in [5, 5.41) is 17.2. The van der Waals surface area contributed by atoms with Gasteiger partial charge in [0.25, 0.3) is 11.8 Å². The number of halogens is 3. The van der Waals surface area contributed by atoms with Crippen LogP contribution in [0.3, 0.4) is 0 Å². The van der Waals surface area contributed by atoms with Gasteiger partial charge in [-0.1, -0.05) is 91.9 Å². The summed E-state index contributed by atoms with van der Waals surface area (Å²) in [5.41, 5.74) is 23.4. The molecule has 2 amide bonds. The second-order valence-corrected chi connectivity index (χ2v) is 34.7. The van der Waals surface area contributed by atoms with Gasteiger partial charge in [0.05, 0.1) is 87.7 Å². The van der Waals surface area contributed by atoms with Crippen molar-refractivity contribution in [1.29, 1.82) is 0 Å². The topological polar surface area (TPSA) is 236 Å². The molecule has 2 aromatic heterocycles. The molecule has 0 fully saturated rings. The molecule has 20 nitrogen and oxygen atoms in total. The van der Waals surface area contributed by atoms with E-state index in [9.17, 15) is 33.9 Å². The first-order valence-corrected chi connectivity index (χ1v) is 42.3. The molecule has 8 unspecified atom stereocenters. The van der Waals surface area contributed by atoms with E-state index in [-0.39, 0.29) is 127 Å². The number of Topliss-reactive ketones (excluding diaryl/α,β-unsaturated/α-hetero) is 1. The van der Waals surface area contributed by atoms with Crippen LogP contribution in [0.1, 0.15) is 174 Å². The SMILES string of the molecule is CCOC(=O)CC[NH+]1c2ccc(CC(=O)/C=C/c3ccc(C)o3)cc2C(C)(C)C1C.CCOC(=O)CC[NH+]1c2ccc(CC(=O)CN3C(=O)C(Cc4ccc(CC(C)C)cc4)N=C3c3sc(=S)n(CC)c3O)cc2C(C)(C)C1C.CNc1ccc(NNc2ccc(NC(=O)c3ccc(CC4(C)c5ccccc5[NH+](C)C4C)cc3)cc2)cc1.[Br-].[Br-].[Br-]. The minimum Gasteiger partial charge on any atom is -1.00 e. The molecule has 0 radical (unpaired) electrons. The molecule has 120 heavy (non-hydrogen) atoms. The number of para-hydroxylation sites is 1. The first-order chi connectivity index (χ1) is 55.8. The standard InChI is InChI=1S/C38H48N4O5S2.C32H35N5O.C25H31NO4.3BrH/c1-8-40-36(46)33(49-37(40)48)34-39-30(21-26-12-10-25(11-13-26)18-23(3)4)35(45)42(34)22-28(43)19-27-14-15-31-29(20-27)38(6,7)24(5)41(31)17-16-32(44)47-9-2;1-22-32(2,29-7-5-6-8-30(29)37(22)4)21-23-9-11-24(12-10-23)31(38)34-26-15-19-28(20-16-26)36-35-27-17-13-25(33-3)14-18-27;1-6-29-24(28)13-14-26-18(3)25(4,5)22-16-19(8-12-23(22)26)15-20(27)9-11-21-10-7-17(2)30-21;;;/h10-15,20,23-24,30,46H,8-9,16-19,21-22H2,1-7H3;5-20,22,33,35-36H,21H2,1-4H3,(H,34,38);7-12,16,18H,6,13-15H2,1-5H3;3*1H/b;;11-9+;;;. The van der Waals surface area contributed by atoms with Crippen LogP contribution in [0.4, 0.5) is 39.8 Å². The zero-order valence-corrected chi connectivity index (χ0v) is 78.2. The van der Waals surface area contributed by atoms with Gasteiger partial charge in [-0.2, -0.15) is 0 Å². The van der Waals surface area contributed by atoms with Crippen LogP contribution >= 0.6 is 23.6 Å². The molecule has 4 aliphatic heterocycles. The largest absolute Gasteiger partial charge is 1.00 e. The van der Waals surface area contributed by atoms with Crippen LogP contribution in [0, 0.1) is 16.8 Å². The molecule has 0 saturated heterocycles. The van der Waals surface area contributed by atoms with Crippen LogP contribution in [0.25, 0.3) is 6.08 Å². The normalized spacial score (nSPS) is 19.3. The Hall–Kier alpha value is -9.18. The number of hydrazine groups is 1. The summed E-state index contributed by atoms with van der Waals surface area (Å²) in [6.07, 6.45) is 6.85. The average Bonchev–Trinajstić information content (AvgIpc) is 1.61. The molecule has 0 bridgehead atoms. The summed E-state index contributed by atoms with van der Waals surface area (Å²) in [6.45, 7) is 32.2. The lowest BCUT2D eigenvalue weighted by molar-refractivity contribution is -0.855. The van der Waals surface area contributed by atoms with Crippen molar-refractivity contribution < 1.29 is 113 Å². The number of likely N-dealkylation sites (N-methyl/N-ethyl adjacent to an activating group) is 1. The summed E-state index contributed by atoms with van der Waals surface area (Å²) in [6, 6.07) is 57.2. The number of rotatable bonds is 30.